The van der Waals surface area contributed by atoms with Gasteiger partial charge in [0, 0.05) is 24.8 Å². The predicted octanol–water partition coefficient (Wildman–Crippen LogP) is 2.08. The third kappa shape index (κ3) is 3.19. The number of aromatic nitrogens is 3. The molecule has 0 saturated carbocycles. The second-order valence-corrected chi connectivity index (χ2v) is 7.69. The van der Waals surface area contributed by atoms with Gasteiger partial charge in [0.25, 0.3) is 0 Å². The number of aryl methyl sites for hydroxylation is 1. The van der Waals surface area contributed by atoms with E-state index in [-0.39, 0.29) is 10.8 Å². The third-order valence-corrected chi connectivity index (χ3v) is 4.49. The molecule has 6 heteroatoms. The van der Waals surface area contributed by atoms with Gasteiger partial charge in [0.05, 0.1) is 33.0 Å². The van der Waals surface area contributed by atoms with Crippen LogP contribution in [0.5, 0.6) is 0 Å². The zero-order valence-corrected chi connectivity index (χ0v) is 12.8. The first-order valence-electron chi connectivity index (χ1n) is 6.25. The first-order chi connectivity index (χ1) is 8.77. The van der Waals surface area contributed by atoms with E-state index in [2.05, 4.69) is 14.8 Å². The molecule has 0 saturated heterocycles. The molecule has 0 aromatic carbocycles. The maximum Gasteiger partial charge on any atom is 0.0976 e. The summed E-state index contributed by atoms with van der Waals surface area (Å²) in [4.78, 5) is 4.40. The smallest absolute Gasteiger partial charge is 0.0976 e. The fraction of sp³-hybridized carbons (Fsp3) is 0.538. The van der Waals surface area contributed by atoms with Crippen LogP contribution in [0.4, 0.5) is 0 Å². The van der Waals surface area contributed by atoms with Gasteiger partial charge in [0.1, 0.15) is 0 Å². The first kappa shape index (κ1) is 14.1. The molecular weight excluding hydrogens is 260 g/mol. The Kier molecular flexibility index (Phi) is 3.73. The monoisotopic (exact) mass is 280 g/mol. The van der Waals surface area contributed by atoms with E-state index < -0.39 is 11.0 Å². The summed E-state index contributed by atoms with van der Waals surface area (Å²) >= 11 is 0. The van der Waals surface area contributed by atoms with Gasteiger partial charge >= 0.3 is 0 Å². The zero-order chi connectivity index (χ0) is 14.2. The van der Waals surface area contributed by atoms with Gasteiger partial charge in [-0.3, -0.25) is 9.67 Å². The van der Waals surface area contributed by atoms with E-state index in [0.717, 1.165) is 16.6 Å². The lowest BCUT2D eigenvalue weighted by molar-refractivity contribution is 0.612. The Balaban J connectivity index is 2.21. The van der Waals surface area contributed by atoms with Crippen LogP contribution in [0.15, 0.2) is 18.5 Å². The van der Waals surface area contributed by atoms with Crippen molar-refractivity contribution >= 4 is 21.9 Å². The van der Waals surface area contributed by atoms with Crippen LogP contribution in [0.2, 0.25) is 0 Å². The lowest BCUT2D eigenvalue weighted by atomic mass is 10.2. The topological polar surface area (TPSA) is 59.8 Å². The van der Waals surface area contributed by atoms with E-state index in [4.69, 9.17) is 0 Å². The van der Waals surface area contributed by atoms with Crippen molar-refractivity contribution in [3.05, 3.63) is 24.2 Å². The largest absolute Gasteiger partial charge is 0.275 e. The highest BCUT2D eigenvalue weighted by Gasteiger charge is 2.22. The van der Waals surface area contributed by atoms with Crippen LogP contribution < -0.4 is 4.72 Å². The number of rotatable bonds is 3. The molecule has 0 radical (unpaired) electrons. The molecule has 1 unspecified atom stereocenters. The van der Waals surface area contributed by atoms with Gasteiger partial charge in [0.2, 0.25) is 0 Å². The molecule has 2 aromatic heterocycles. The van der Waals surface area contributed by atoms with Crippen molar-refractivity contribution in [1.82, 2.24) is 19.5 Å². The average molecular weight is 280 g/mol. The van der Waals surface area contributed by atoms with Crippen LogP contribution >= 0.6 is 0 Å². The van der Waals surface area contributed by atoms with E-state index in [1.54, 1.807) is 10.9 Å². The Labute approximate surface area is 116 Å². The number of hydrogen-bond acceptors (Lipinski definition) is 3. The summed E-state index contributed by atoms with van der Waals surface area (Å²) in [5.41, 5.74) is 1.76. The molecule has 19 heavy (non-hydrogen) atoms. The number of hydrogen-bond donors (Lipinski definition) is 1. The third-order valence-electron chi connectivity index (χ3n) is 2.81. The van der Waals surface area contributed by atoms with Gasteiger partial charge in [-0.1, -0.05) is 0 Å². The fourth-order valence-electron chi connectivity index (χ4n) is 1.69. The average Bonchev–Trinajstić information content (AvgIpc) is 2.66. The number of nitrogens with one attached hydrogen (secondary N) is 1. The SMILES string of the molecule is C[C@@H](NS(=O)C(C)(C)C)c1cc2nn(C)cc2cn1. The van der Waals surface area contributed by atoms with Crippen molar-refractivity contribution in [1.29, 1.82) is 0 Å². The molecule has 0 fully saturated rings. The summed E-state index contributed by atoms with van der Waals surface area (Å²) < 4.78 is 16.6. The summed E-state index contributed by atoms with van der Waals surface area (Å²) in [6.45, 7) is 7.79. The molecule has 0 aliphatic carbocycles. The second-order valence-electron chi connectivity index (χ2n) is 5.69. The standard InChI is InChI=1S/C13H20N4OS/c1-9(16-19(18)13(2,3)4)11-6-12-10(7-14-11)8-17(5)15-12/h6-9,16H,1-5H3/t9-,19?/m1/s1. The fourth-order valence-corrected chi connectivity index (χ4v) is 2.49. The lowest BCUT2D eigenvalue weighted by Crippen LogP contribution is -2.35. The normalized spacial score (nSPS) is 15.6. The molecule has 5 nitrogen and oxygen atoms in total. The highest BCUT2D eigenvalue weighted by Crippen LogP contribution is 2.18. The highest BCUT2D eigenvalue weighted by molar-refractivity contribution is 7.84. The van der Waals surface area contributed by atoms with E-state index in [1.807, 2.05) is 47.0 Å². The minimum Gasteiger partial charge on any atom is -0.275 e. The molecule has 0 spiro atoms. The molecule has 0 aliphatic heterocycles. The van der Waals surface area contributed by atoms with Crippen molar-refractivity contribution in [2.45, 2.75) is 38.5 Å². The van der Waals surface area contributed by atoms with Gasteiger partial charge in [-0.2, -0.15) is 5.10 Å². The van der Waals surface area contributed by atoms with Crippen LogP contribution in [0.25, 0.3) is 10.9 Å². The van der Waals surface area contributed by atoms with Gasteiger partial charge in [0.15, 0.2) is 0 Å². The van der Waals surface area contributed by atoms with Gasteiger partial charge in [-0.15, -0.1) is 0 Å². The maximum absolute atomic E-state index is 12.1. The second kappa shape index (κ2) is 5.02. The molecule has 2 rings (SSSR count). The summed E-state index contributed by atoms with van der Waals surface area (Å²) in [5.74, 6) is 0. The highest BCUT2D eigenvalue weighted by atomic mass is 32.2. The Bertz CT molecular complexity index is 615. The predicted molar refractivity (Wildman–Crippen MR) is 78.0 cm³/mol. The summed E-state index contributed by atoms with van der Waals surface area (Å²) in [5, 5.41) is 5.37. The van der Waals surface area contributed by atoms with E-state index in [0.29, 0.717) is 0 Å². The van der Waals surface area contributed by atoms with Crippen LogP contribution in [-0.4, -0.2) is 23.7 Å². The van der Waals surface area contributed by atoms with Crippen molar-refractivity contribution in [3.8, 4) is 0 Å². The van der Waals surface area contributed by atoms with Crippen LogP contribution in [0, 0.1) is 0 Å². The summed E-state index contributed by atoms with van der Waals surface area (Å²) in [6.07, 6.45) is 3.73. The van der Waals surface area contributed by atoms with Crippen molar-refractivity contribution < 1.29 is 4.21 Å². The molecular formula is C13H20N4OS. The van der Waals surface area contributed by atoms with E-state index in [9.17, 15) is 4.21 Å². The first-order valence-corrected chi connectivity index (χ1v) is 7.39. The number of nitrogens with zero attached hydrogens (tertiary/aromatic N) is 3. The van der Waals surface area contributed by atoms with E-state index >= 15 is 0 Å². The summed E-state index contributed by atoms with van der Waals surface area (Å²) in [6, 6.07) is 1.86. The summed E-state index contributed by atoms with van der Waals surface area (Å²) in [7, 11) is 0.773. The maximum atomic E-state index is 12.1. The van der Waals surface area contributed by atoms with Crippen LogP contribution in [0.1, 0.15) is 39.4 Å². The minimum atomic E-state index is -1.11. The molecule has 1 N–H and O–H groups in total. The van der Waals surface area contributed by atoms with Gasteiger partial charge < -0.3 is 0 Å². The van der Waals surface area contributed by atoms with Gasteiger partial charge in [-0.25, -0.2) is 8.93 Å². The Morgan fingerprint density at radius 3 is 2.74 bits per heavy atom. The molecule has 0 amide bonds. The van der Waals surface area contributed by atoms with Crippen LogP contribution in [-0.2, 0) is 18.0 Å². The number of fused-ring (bicyclic) bond motifs is 1. The lowest BCUT2D eigenvalue weighted by Gasteiger charge is -2.21. The van der Waals surface area contributed by atoms with Crippen molar-refractivity contribution in [2.24, 2.45) is 7.05 Å². The number of pyridine rings is 1. The molecule has 2 atom stereocenters. The Morgan fingerprint density at radius 2 is 2.11 bits per heavy atom. The van der Waals surface area contributed by atoms with Crippen molar-refractivity contribution in [3.63, 3.8) is 0 Å². The van der Waals surface area contributed by atoms with E-state index in [1.165, 1.54) is 0 Å². The zero-order valence-electron chi connectivity index (χ0n) is 12.0. The molecule has 104 valence electrons. The Morgan fingerprint density at radius 1 is 1.42 bits per heavy atom. The van der Waals surface area contributed by atoms with Crippen molar-refractivity contribution in [2.75, 3.05) is 0 Å². The van der Waals surface area contributed by atoms with Gasteiger partial charge in [-0.05, 0) is 33.8 Å². The molecule has 0 bridgehead atoms. The van der Waals surface area contributed by atoms with Crippen LogP contribution in [0.3, 0.4) is 0 Å². The Hall–Kier alpha value is -1.27. The minimum absolute atomic E-state index is 0.0773. The molecule has 2 aromatic rings. The molecule has 2 heterocycles. The quantitative estimate of drug-likeness (QED) is 0.936. The molecule has 0 aliphatic rings.